The number of hydrogen-bond acceptors (Lipinski definition) is 2. The minimum absolute atomic E-state index is 0.226. The average molecular weight is 276 g/mol. The van der Waals surface area contributed by atoms with Crippen LogP contribution in [0.1, 0.15) is 11.1 Å². The van der Waals surface area contributed by atoms with E-state index in [-0.39, 0.29) is 5.91 Å². The summed E-state index contributed by atoms with van der Waals surface area (Å²) in [5.41, 5.74) is 1.89. The fraction of sp³-hybridized carbons (Fsp3) is 0.143. The van der Waals surface area contributed by atoms with Crippen LogP contribution in [0.25, 0.3) is 6.08 Å². The lowest BCUT2D eigenvalue weighted by molar-refractivity contribution is -0.111. The van der Waals surface area contributed by atoms with Gasteiger partial charge >= 0.3 is 0 Å². The van der Waals surface area contributed by atoms with Crippen molar-refractivity contribution in [3.8, 4) is 0 Å². The van der Waals surface area contributed by atoms with Gasteiger partial charge in [0, 0.05) is 30.4 Å². The molecule has 0 aliphatic carbocycles. The summed E-state index contributed by atoms with van der Waals surface area (Å²) in [6, 6.07) is 7.38. The molecule has 98 valence electrons. The second kappa shape index (κ2) is 5.71. The number of aryl methyl sites for hydroxylation is 2. The summed E-state index contributed by atoms with van der Waals surface area (Å²) < 4.78 is 1.62. The molecule has 1 aromatic carbocycles. The van der Waals surface area contributed by atoms with Crippen LogP contribution in [0.2, 0.25) is 5.02 Å². The smallest absolute Gasteiger partial charge is 0.249 e. The minimum atomic E-state index is -0.226. The van der Waals surface area contributed by atoms with Crippen LogP contribution in [0.15, 0.2) is 36.5 Å². The second-order valence-corrected chi connectivity index (χ2v) is 4.61. The number of aromatic nitrogens is 2. The van der Waals surface area contributed by atoms with Crippen molar-refractivity contribution in [2.45, 2.75) is 6.92 Å². The Bertz CT molecular complexity index is 631. The highest BCUT2D eigenvalue weighted by atomic mass is 35.5. The Morgan fingerprint density at radius 1 is 1.42 bits per heavy atom. The molecule has 19 heavy (non-hydrogen) atoms. The van der Waals surface area contributed by atoms with Gasteiger partial charge in [-0.1, -0.05) is 23.7 Å². The zero-order valence-electron chi connectivity index (χ0n) is 10.7. The van der Waals surface area contributed by atoms with Crippen LogP contribution in [0.5, 0.6) is 0 Å². The molecule has 5 heteroatoms. The fourth-order valence-corrected chi connectivity index (χ4v) is 1.72. The number of benzene rings is 1. The molecule has 2 rings (SSSR count). The predicted molar refractivity (Wildman–Crippen MR) is 77.1 cm³/mol. The Morgan fingerprint density at radius 2 is 2.21 bits per heavy atom. The number of nitrogens with zero attached hydrogens (tertiary/aromatic N) is 2. The van der Waals surface area contributed by atoms with E-state index >= 15 is 0 Å². The second-order valence-electron chi connectivity index (χ2n) is 4.21. The van der Waals surface area contributed by atoms with Crippen molar-refractivity contribution in [3.05, 3.63) is 52.7 Å². The monoisotopic (exact) mass is 275 g/mol. The van der Waals surface area contributed by atoms with Crippen molar-refractivity contribution < 1.29 is 4.79 Å². The van der Waals surface area contributed by atoms with Crippen molar-refractivity contribution in [1.29, 1.82) is 0 Å². The number of nitrogens with one attached hydrogen (secondary N) is 1. The maximum atomic E-state index is 11.7. The van der Waals surface area contributed by atoms with Crippen LogP contribution in [-0.4, -0.2) is 15.7 Å². The summed E-state index contributed by atoms with van der Waals surface area (Å²) in [6.07, 6.45) is 4.93. The summed E-state index contributed by atoms with van der Waals surface area (Å²) in [6.45, 7) is 1.93. The zero-order chi connectivity index (χ0) is 13.8. The van der Waals surface area contributed by atoms with Gasteiger partial charge in [-0.2, -0.15) is 5.10 Å². The van der Waals surface area contributed by atoms with E-state index in [1.165, 1.54) is 6.08 Å². The highest BCUT2D eigenvalue weighted by molar-refractivity contribution is 6.31. The van der Waals surface area contributed by atoms with Gasteiger partial charge in [0.15, 0.2) is 5.82 Å². The molecule has 1 amide bonds. The van der Waals surface area contributed by atoms with E-state index in [0.717, 1.165) is 11.1 Å². The number of carbonyl (C=O) groups is 1. The Morgan fingerprint density at radius 3 is 2.84 bits per heavy atom. The minimum Gasteiger partial charge on any atom is -0.306 e. The molecule has 0 aliphatic heterocycles. The summed E-state index contributed by atoms with van der Waals surface area (Å²) >= 11 is 6.01. The highest BCUT2D eigenvalue weighted by Gasteiger charge is 2.00. The van der Waals surface area contributed by atoms with Gasteiger partial charge in [0.05, 0.1) is 0 Å². The molecule has 4 nitrogen and oxygen atoms in total. The maximum Gasteiger partial charge on any atom is 0.249 e. The maximum absolute atomic E-state index is 11.7. The first kappa shape index (κ1) is 13.4. The van der Waals surface area contributed by atoms with Crippen molar-refractivity contribution in [3.63, 3.8) is 0 Å². The molecule has 2 aromatic rings. The molecule has 0 atom stereocenters. The summed E-state index contributed by atoms with van der Waals surface area (Å²) in [7, 11) is 1.79. The Labute approximate surface area is 116 Å². The lowest BCUT2D eigenvalue weighted by Crippen LogP contribution is -2.08. The molecule has 1 N–H and O–H groups in total. The Kier molecular flexibility index (Phi) is 4.02. The molecule has 0 spiro atoms. The van der Waals surface area contributed by atoms with E-state index in [0.29, 0.717) is 10.8 Å². The van der Waals surface area contributed by atoms with Crippen LogP contribution in [0.3, 0.4) is 0 Å². The first-order valence-electron chi connectivity index (χ1n) is 5.79. The van der Waals surface area contributed by atoms with Crippen LogP contribution in [0.4, 0.5) is 5.82 Å². The number of halogens is 1. The van der Waals surface area contributed by atoms with Gasteiger partial charge in [-0.05, 0) is 30.2 Å². The molecule has 0 saturated carbocycles. The van der Waals surface area contributed by atoms with Crippen molar-refractivity contribution >= 4 is 29.4 Å². The highest BCUT2D eigenvalue weighted by Crippen LogP contribution is 2.17. The molecule has 0 fully saturated rings. The fourth-order valence-electron chi connectivity index (χ4n) is 1.53. The third-order valence-electron chi connectivity index (χ3n) is 2.59. The van der Waals surface area contributed by atoms with E-state index in [9.17, 15) is 4.79 Å². The number of anilines is 1. The number of amides is 1. The SMILES string of the molecule is Cc1ccc(/C=C/C(=O)Nc2ccn(C)n2)cc1Cl. The molecule has 0 radical (unpaired) electrons. The molecule has 0 unspecified atom stereocenters. The Balaban J connectivity index is 2.01. The van der Waals surface area contributed by atoms with Crippen LogP contribution in [-0.2, 0) is 11.8 Å². The molecule has 0 aliphatic rings. The van der Waals surface area contributed by atoms with Crippen LogP contribution >= 0.6 is 11.6 Å². The van der Waals surface area contributed by atoms with Gasteiger partial charge in [0.25, 0.3) is 0 Å². The van der Waals surface area contributed by atoms with Gasteiger partial charge in [0.2, 0.25) is 5.91 Å². The summed E-state index contributed by atoms with van der Waals surface area (Å²) in [4.78, 5) is 11.7. The van der Waals surface area contributed by atoms with Gasteiger partial charge in [-0.15, -0.1) is 0 Å². The first-order chi connectivity index (χ1) is 9.04. The van der Waals surface area contributed by atoms with E-state index in [2.05, 4.69) is 10.4 Å². The third kappa shape index (κ3) is 3.69. The van der Waals surface area contributed by atoms with Gasteiger partial charge in [0.1, 0.15) is 0 Å². The number of hydrogen-bond donors (Lipinski definition) is 1. The predicted octanol–water partition coefficient (Wildman–Crippen LogP) is 3.03. The molecule has 0 saturated heterocycles. The van der Waals surface area contributed by atoms with Crippen molar-refractivity contribution in [1.82, 2.24) is 9.78 Å². The van der Waals surface area contributed by atoms with Crippen molar-refractivity contribution in [2.24, 2.45) is 7.05 Å². The zero-order valence-corrected chi connectivity index (χ0v) is 11.5. The lowest BCUT2D eigenvalue weighted by atomic mass is 10.1. The van der Waals surface area contributed by atoms with Gasteiger partial charge in [-0.3, -0.25) is 9.48 Å². The molecule has 0 bridgehead atoms. The van der Waals surface area contributed by atoms with Gasteiger partial charge in [-0.25, -0.2) is 0 Å². The summed E-state index contributed by atoms with van der Waals surface area (Å²) in [5, 5.41) is 7.42. The molecular formula is C14H14ClN3O. The number of carbonyl (C=O) groups excluding carboxylic acids is 1. The normalized spacial score (nSPS) is 10.9. The molecule has 1 aromatic heterocycles. The van der Waals surface area contributed by atoms with E-state index in [4.69, 9.17) is 11.6 Å². The average Bonchev–Trinajstić information content (AvgIpc) is 2.76. The largest absolute Gasteiger partial charge is 0.306 e. The first-order valence-corrected chi connectivity index (χ1v) is 6.17. The quantitative estimate of drug-likeness (QED) is 0.875. The van der Waals surface area contributed by atoms with Crippen LogP contribution in [0, 0.1) is 6.92 Å². The topological polar surface area (TPSA) is 46.9 Å². The van der Waals surface area contributed by atoms with Crippen LogP contribution < -0.4 is 5.32 Å². The van der Waals surface area contributed by atoms with E-state index in [1.54, 1.807) is 30.1 Å². The molecule has 1 heterocycles. The summed E-state index contributed by atoms with van der Waals surface area (Å²) in [5.74, 6) is 0.300. The Hall–Kier alpha value is -2.07. The molecular weight excluding hydrogens is 262 g/mol. The van der Waals surface area contributed by atoms with Gasteiger partial charge < -0.3 is 5.32 Å². The number of rotatable bonds is 3. The van der Waals surface area contributed by atoms with E-state index in [1.807, 2.05) is 25.1 Å². The van der Waals surface area contributed by atoms with E-state index < -0.39 is 0 Å². The standard InChI is InChI=1S/C14H14ClN3O/c1-10-3-4-11(9-12(10)15)5-6-14(19)16-13-7-8-18(2)17-13/h3-9H,1-2H3,(H,16,17,19)/b6-5+. The van der Waals surface area contributed by atoms with Crippen molar-refractivity contribution in [2.75, 3.05) is 5.32 Å². The lowest BCUT2D eigenvalue weighted by Gasteiger charge is -1.99. The third-order valence-corrected chi connectivity index (χ3v) is 3.00.